The minimum absolute atomic E-state index is 0.284. The van der Waals surface area contributed by atoms with Crippen LogP contribution in [-0.2, 0) is 9.59 Å². The van der Waals surface area contributed by atoms with Gasteiger partial charge in [-0.15, -0.1) is 0 Å². The molecule has 1 unspecified atom stereocenters. The summed E-state index contributed by atoms with van der Waals surface area (Å²) in [4.78, 5) is 25.1. The number of nitrogens with zero attached hydrogens (tertiary/aromatic N) is 3. The van der Waals surface area contributed by atoms with Gasteiger partial charge in [-0.3, -0.25) is 9.59 Å². The molecule has 10 heteroatoms. The Morgan fingerprint density at radius 2 is 1.66 bits per heavy atom. The summed E-state index contributed by atoms with van der Waals surface area (Å²) in [6, 6.07) is 8.22. The number of amides is 1. The minimum atomic E-state index is -1.44. The first kappa shape index (κ1) is 24.9. The van der Waals surface area contributed by atoms with Crippen LogP contribution in [0.25, 0.3) is 0 Å². The molecule has 0 bridgehead atoms. The van der Waals surface area contributed by atoms with Crippen LogP contribution >= 0.6 is 11.8 Å². The molecular formula is C22H26ClN3O6. The van der Waals surface area contributed by atoms with Gasteiger partial charge in [-0.05, 0) is 45.0 Å². The maximum atomic E-state index is 12.9. The smallest absolute Gasteiger partial charge is 0.276 e. The molecule has 0 aliphatic carbocycles. The highest BCUT2D eigenvalue weighted by molar-refractivity contribution is 6.39. The fraction of sp³-hybridized carbons (Fsp3) is 0.364. The molecule has 32 heavy (non-hydrogen) atoms. The van der Waals surface area contributed by atoms with Crippen LogP contribution in [0.15, 0.2) is 46.6 Å². The van der Waals surface area contributed by atoms with E-state index in [2.05, 4.69) is 10.2 Å². The van der Waals surface area contributed by atoms with E-state index < -0.39 is 17.7 Å². The number of ketones is 1. The molecule has 172 valence electrons. The molecule has 2 aromatic carbocycles. The van der Waals surface area contributed by atoms with E-state index in [0.717, 1.165) is 4.42 Å². The molecule has 9 nitrogen and oxygen atoms in total. The Balaban J connectivity index is 2.31. The molecule has 0 heterocycles. The van der Waals surface area contributed by atoms with Crippen molar-refractivity contribution in [3.05, 3.63) is 36.4 Å². The van der Waals surface area contributed by atoms with E-state index >= 15 is 0 Å². The van der Waals surface area contributed by atoms with Gasteiger partial charge in [0, 0.05) is 23.9 Å². The van der Waals surface area contributed by atoms with Crippen LogP contribution in [0.5, 0.6) is 23.0 Å². The van der Waals surface area contributed by atoms with Crippen molar-refractivity contribution in [2.75, 3.05) is 31.9 Å². The van der Waals surface area contributed by atoms with Crippen LogP contribution in [0.4, 0.5) is 11.4 Å². The number of hydrogen-bond donors (Lipinski definition) is 0. The van der Waals surface area contributed by atoms with Gasteiger partial charge in [-0.2, -0.15) is 10.2 Å². The lowest BCUT2D eigenvalue weighted by Crippen LogP contribution is -2.36. The number of benzene rings is 2. The molecule has 0 aliphatic heterocycles. The Morgan fingerprint density at radius 1 is 0.969 bits per heavy atom. The minimum Gasteiger partial charge on any atom is -0.494 e. The first-order chi connectivity index (χ1) is 15.4. The average Bonchev–Trinajstić information content (AvgIpc) is 2.79. The van der Waals surface area contributed by atoms with Gasteiger partial charge in [0.15, 0.2) is 17.3 Å². The van der Waals surface area contributed by atoms with Crippen LogP contribution in [0, 0.1) is 0 Å². The lowest BCUT2D eigenvalue weighted by Gasteiger charge is -2.18. The third-order valence-corrected chi connectivity index (χ3v) is 4.59. The number of hydrogen-bond acceptors (Lipinski definition) is 8. The molecule has 1 atom stereocenters. The molecule has 0 saturated carbocycles. The predicted octanol–water partition coefficient (Wildman–Crippen LogP) is 4.73. The molecule has 0 fully saturated rings. The van der Waals surface area contributed by atoms with Gasteiger partial charge >= 0.3 is 0 Å². The van der Waals surface area contributed by atoms with E-state index in [1.165, 1.54) is 27.2 Å². The van der Waals surface area contributed by atoms with Gasteiger partial charge in [0.25, 0.3) is 5.91 Å². The molecular weight excluding hydrogens is 438 g/mol. The number of carbonyl (C=O) groups excluding carboxylic acids is 2. The summed E-state index contributed by atoms with van der Waals surface area (Å²) in [6.07, 6.45) is 0. The summed E-state index contributed by atoms with van der Waals surface area (Å²) in [7, 11) is 2.95. The molecule has 0 aliphatic rings. The zero-order valence-corrected chi connectivity index (χ0v) is 19.4. The maximum Gasteiger partial charge on any atom is 0.276 e. The van der Waals surface area contributed by atoms with Gasteiger partial charge in [0.05, 0.1) is 33.1 Å². The Bertz CT molecular complexity index is 982. The number of Topliss-reactive ketones (excluding diaryl/α,β-unsaturated/α-hetero) is 1. The molecule has 1 amide bonds. The van der Waals surface area contributed by atoms with Gasteiger partial charge in [0.2, 0.25) is 6.04 Å². The van der Waals surface area contributed by atoms with Gasteiger partial charge in [-0.25, -0.2) is 4.42 Å². The summed E-state index contributed by atoms with van der Waals surface area (Å²) in [5.74, 6) is 0.581. The number of ether oxygens (including phenoxy) is 4. The topological polar surface area (TPSA) is 99.0 Å². The Hall–Kier alpha value is -3.33. The largest absolute Gasteiger partial charge is 0.494 e. The second kappa shape index (κ2) is 11.9. The van der Waals surface area contributed by atoms with Crippen molar-refractivity contribution < 1.29 is 28.5 Å². The van der Waals surface area contributed by atoms with Gasteiger partial charge in [0.1, 0.15) is 17.2 Å². The lowest BCUT2D eigenvalue weighted by atomic mass is 10.2. The molecule has 2 rings (SSSR count). The maximum absolute atomic E-state index is 12.9. The molecule has 0 radical (unpaired) electrons. The van der Waals surface area contributed by atoms with Crippen molar-refractivity contribution in [2.45, 2.75) is 26.8 Å². The predicted molar refractivity (Wildman–Crippen MR) is 121 cm³/mol. The van der Waals surface area contributed by atoms with Crippen LogP contribution < -0.4 is 23.4 Å². The summed E-state index contributed by atoms with van der Waals surface area (Å²) in [6.45, 7) is 5.82. The van der Waals surface area contributed by atoms with Crippen molar-refractivity contribution >= 4 is 34.8 Å². The summed E-state index contributed by atoms with van der Waals surface area (Å²) >= 11 is 6.23. The van der Waals surface area contributed by atoms with Crippen LogP contribution in [-0.4, -0.2) is 45.2 Å². The molecule has 2 aromatic rings. The summed E-state index contributed by atoms with van der Waals surface area (Å²) in [5.41, 5.74) is 0.633. The third-order valence-electron chi connectivity index (χ3n) is 4.23. The van der Waals surface area contributed by atoms with Crippen molar-refractivity contribution in [3.63, 3.8) is 0 Å². The highest BCUT2D eigenvalue weighted by Crippen LogP contribution is 2.34. The molecule has 0 spiro atoms. The van der Waals surface area contributed by atoms with Gasteiger partial charge in [-0.1, -0.05) is 0 Å². The molecule has 0 aromatic heterocycles. The fourth-order valence-corrected chi connectivity index (χ4v) is 2.91. The fourth-order valence-electron chi connectivity index (χ4n) is 2.71. The number of carbonyl (C=O) groups is 2. The monoisotopic (exact) mass is 463 g/mol. The van der Waals surface area contributed by atoms with Crippen LogP contribution in [0.2, 0.25) is 0 Å². The summed E-state index contributed by atoms with van der Waals surface area (Å²) in [5, 5.41) is 8.04. The van der Waals surface area contributed by atoms with E-state index in [9.17, 15) is 9.59 Å². The van der Waals surface area contributed by atoms with Crippen LogP contribution in [0.3, 0.4) is 0 Å². The SMILES string of the molecule is CCOc1ccc(N=NC(C(C)=O)C(=O)N(Cl)c2ccc(OC)c(OC)c2)c(OCC)c1. The number of methoxy groups -OCH3 is 2. The Morgan fingerprint density at radius 3 is 2.25 bits per heavy atom. The van der Waals surface area contributed by atoms with E-state index in [1.807, 2.05) is 13.8 Å². The standard InChI is InChI=1S/C22H26ClN3O6/c1-6-31-16-9-10-17(19(13-16)32-7-2)24-25-21(14(3)27)22(28)26(23)15-8-11-18(29-4)20(12-15)30-5/h8-13,21H,6-7H2,1-5H3. The quantitative estimate of drug-likeness (QED) is 0.271. The zero-order valence-electron chi connectivity index (χ0n) is 18.6. The van der Waals surface area contributed by atoms with Crippen molar-refractivity contribution in [3.8, 4) is 23.0 Å². The van der Waals surface area contributed by atoms with Crippen molar-refractivity contribution in [2.24, 2.45) is 10.2 Å². The Labute approximate surface area is 192 Å². The van der Waals surface area contributed by atoms with E-state index in [4.69, 9.17) is 30.7 Å². The number of azo groups is 1. The van der Waals surface area contributed by atoms with E-state index in [1.54, 1.807) is 30.3 Å². The highest BCUT2D eigenvalue weighted by atomic mass is 35.5. The zero-order chi connectivity index (χ0) is 23.7. The summed E-state index contributed by atoms with van der Waals surface area (Å²) < 4.78 is 22.2. The van der Waals surface area contributed by atoms with Crippen LogP contribution in [0.1, 0.15) is 20.8 Å². The second-order valence-corrected chi connectivity index (χ2v) is 6.72. The first-order valence-electron chi connectivity index (χ1n) is 9.88. The number of halogens is 1. The normalized spacial score (nSPS) is 11.7. The third kappa shape index (κ3) is 6.10. The van der Waals surface area contributed by atoms with E-state index in [0.29, 0.717) is 41.9 Å². The number of rotatable bonds is 11. The van der Waals surface area contributed by atoms with Gasteiger partial charge < -0.3 is 18.9 Å². The van der Waals surface area contributed by atoms with Crippen molar-refractivity contribution in [1.82, 2.24) is 0 Å². The second-order valence-electron chi connectivity index (χ2n) is 6.38. The highest BCUT2D eigenvalue weighted by Gasteiger charge is 2.29. The molecule has 0 saturated heterocycles. The first-order valence-corrected chi connectivity index (χ1v) is 10.2. The Kier molecular flexibility index (Phi) is 9.27. The average molecular weight is 464 g/mol. The lowest BCUT2D eigenvalue weighted by molar-refractivity contribution is -0.126. The molecule has 0 N–H and O–H groups in total. The number of anilines is 1. The van der Waals surface area contributed by atoms with E-state index in [-0.39, 0.29) is 5.69 Å². The van der Waals surface area contributed by atoms with Crippen molar-refractivity contribution in [1.29, 1.82) is 0 Å².